The SMILES string of the molecule is O=C(COc1cccc(Cl)c1)ON1C(=O)c2ccccc2C1=O. The summed E-state index contributed by atoms with van der Waals surface area (Å²) in [5.74, 6) is -1.86. The zero-order chi connectivity index (χ0) is 16.4. The molecule has 0 aliphatic carbocycles. The van der Waals surface area contributed by atoms with Gasteiger partial charge in [-0.1, -0.05) is 34.9 Å². The zero-order valence-electron chi connectivity index (χ0n) is 11.7. The number of imide groups is 1. The van der Waals surface area contributed by atoms with Crippen molar-refractivity contribution in [3.05, 3.63) is 64.7 Å². The van der Waals surface area contributed by atoms with Gasteiger partial charge in [-0.2, -0.15) is 0 Å². The molecular formula is C16H10ClNO5. The molecule has 23 heavy (non-hydrogen) atoms. The summed E-state index contributed by atoms with van der Waals surface area (Å²) in [5.41, 5.74) is 0.391. The number of rotatable bonds is 4. The highest BCUT2D eigenvalue weighted by Gasteiger charge is 2.38. The van der Waals surface area contributed by atoms with Gasteiger partial charge in [-0.3, -0.25) is 9.59 Å². The fraction of sp³-hybridized carbons (Fsp3) is 0.0625. The fourth-order valence-corrected chi connectivity index (χ4v) is 2.26. The van der Waals surface area contributed by atoms with E-state index < -0.39 is 24.4 Å². The van der Waals surface area contributed by atoms with Crippen molar-refractivity contribution in [3.8, 4) is 5.75 Å². The van der Waals surface area contributed by atoms with Crippen LogP contribution in [0.4, 0.5) is 0 Å². The summed E-state index contributed by atoms with van der Waals surface area (Å²) in [6.07, 6.45) is 0. The van der Waals surface area contributed by atoms with Crippen LogP contribution >= 0.6 is 11.6 Å². The van der Waals surface area contributed by atoms with E-state index in [2.05, 4.69) is 0 Å². The van der Waals surface area contributed by atoms with E-state index in [4.69, 9.17) is 21.2 Å². The highest BCUT2D eigenvalue weighted by Crippen LogP contribution is 2.23. The van der Waals surface area contributed by atoms with Gasteiger partial charge in [-0.25, -0.2) is 4.79 Å². The van der Waals surface area contributed by atoms with E-state index in [1.807, 2.05) is 0 Å². The van der Waals surface area contributed by atoms with Gasteiger partial charge in [0, 0.05) is 5.02 Å². The highest BCUT2D eigenvalue weighted by molar-refractivity contribution is 6.30. The number of carbonyl (C=O) groups excluding carboxylic acids is 3. The molecule has 0 spiro atoms. The van der Waals surface area contributed by atoms with Crippen LogP contribution in [-0.2, 0) is 9.63 Å². The molecule has 2 aromatic rings. The predicted molar refractivity (Wildman–Crippen MR) is 80.0 cm³/mol. The summed E-state index contributed by atoms with van der Waals surface area (Å²) in [7, 11) is 0. The first kappa shape index (κ1) is 15.1. The highest BCUT2D eigenvalue weighted by atomic mass is 35.5. The van der Waals surface area contributed by atoms with Crippen LogP contribution in [0.2, 0.25) is 5.02 Å². The Balaban J connectivity index is 1.63. The number of fused-ring (bicyclic) bond motifs is 1. The van der Waals surface area contributed by atoms with Crippen LogP contribution in [-0.4, -0.2) is 29.5 Å². The van der Waals surface area contributed by atoms with Crippen molar-refractivity contribution in [1.29, 1.82) is 0 Å². The van der Waals surface area contributed by atoms with Gasteiger partial charge < -0.3 is 9.57 Å². The Kier molecular flexibility index (Phi) is 3.99. The molecule has 7 heteroatoms. The second kappa shape index (κ2) is 6.10. The number of benzene rings is 2. The number of nitrogens with zero attached hydrogens (tertiary/aromatic N) is 1. The van der Waals surface area contributed by atoms with Gasteiger partial charge in [-0.15, -0.1) is 0 Å². The summed E-state index contributed by atoms with van der Waals surface area (Å²) < 4.78 is 5.20. The molecular weight excluding hydrogens is 322 g/mol. The van der Waals surface area contributed by atoms with Gasteiger partial charge >= 0.3 is 5.97 Å². The largest absolute Gasteiger partial charge is 0.482 e. The first-order valence-electron chi connectivity index (χ1n) is 6.63. The average molecular weight is 332 g/mol. The van der Waals surface area contributed by atoms with Crippen molar-refractivity contribution in [2.45, 2.75) is 0 Å². The van der Waals surface area contributed by atoms with Crippen LogP contribution in [0.3, 0.4) is 0 Å². The van der Waals surface area contributed by atoms with Crippen molar-refractivity contribution in [1.82, 2.24) is 5.06 Å². The molecule has 6 nitrogen and oxygen atoms in total. The maximum atomic E-state index is 12.0. The number of carbonyl (C=O) groups is 3. The molecule has 2 amide bonds. The quantitative estimate of drug-likeness (QED) is 0.805. The first-order chi connectivity index (χ1) is 11.1. The third kappa shape index (κ3) is 3.02. The molecule has 0 atom stereocenters. The van der Waals surface area contributed by atoms with Gasteiger partial charge in [0.2, 0.25) is 0 Å². The average Bonchev–Trinajstić information content (AvgIpc) is 2.79. The van der Waals surface area contributed by atoms with E-state index >= 15 is 0 Å². The minimum absolute atomic E-state index is 0.195. The summed E-state index contributed by atoms with van der Waals surface area (Å²) in [4.78, 5) is 40.6. The van der Waals surface area contributed by atoms with Gasteiger partial charge in [0.05, 0.1) is 11.1 Å². The maximum Gasteiger partial charge on any atom is 0.370 e. The van der Waals surface area contributed by atoms with E-state index in [1.54, 1.807) is 30.3 Å². The van der Waals surface area contributed by atoms with Gasteiger partial charge in [0.15, 0.2) is 6.61 Å². The Hall–Kier alpha value is -2.86. The Morgan fingerprint density at radius 1 is 1.00 bits per heavy atom. The van der Waals surface area contributed by atoms with Gasteiger partial charge in [0.1, 0.15) is 5.75 Å². The van der Waals surface area contributed by atoms with Crippen molar-refractivity contribution < 1.29 is 24.0 Å². The van der Waals surface area contributed by atoms with E-state index in [0.29, 0.717) is 15.8 Å². The molecule has 0 N–H and O–H groups in total. The lowest BCUT2D eigenvalue weighted by molar-refractivity contribution is -0.170. The van der Waals surface area contributed by atoms with Crippen molar-refractivity contribution in [2.75, 3.05) is 6.61 Å². The maximum absolute atomic E-state index is 12.0. The van der Waals surface area contributed by atoms with Gasteiger partial charge in [-0.05, 0) is 30.3 Å². The molecule has 0 saturated carbocycles. The molecule has 116 valence electrons. The fourth-order valence-electron chi connectivity index (χ4n) is 2.08. The monoisotopic (exact) mass is 331 g/mol. The molecule has 0 unspecified atom stereocenters. The standard InChI is InChI=1S/C16H10ClNO5/c17-10-4-3-5-11(8-10)22-9-14(19)23-18-15(20)12-6-1-2-7-13(12)16(18)21/h1-8H,9H2. The molecule has 0 fully saturated rings. The second-order valence-electron chi connectivity index (χ2n) is 4.66. The number of hydrogen-bond donors (Lipinski definition) is 0. The zero-order valence-corrected chi connectivity index (χ0v) is 12.4. The summed E-state index contributed by atoms with van der Waals surface area (Å²) >= 11 is 5.79. The summed E-state index contributed by atoms with van der Waals surface area (Å²) in [6.45, 7) is -0.465. The molecule has 2 aromatic carbocycles. The molecule has 1 heterocycles. The predicted octanol–water partition coefficient (Wildman–Crippen LogP) is 2.47. The molecule has 0 radical (unpaired) electrons. The van der Waals surface area contributed by atoms with E-state index in [-0.39, 0.29) is 11.1 Å². The lowest BCUT2D eigenvalue weighted by Gasteiger charge is -2.13. The van der Waals surface area contributed by atoms with Crippen LogP contribution in [0.25, 0.3) is 0 Å². The Bertz CT molecular complexity index is 770. The lowest BCUT2D eigenvalue weighted by Crippen LogP contribution is -2.34. The molecule has 0 bridgehead atoms. The van der Waals surface area contributed by atoms with Crippen LogP contribution in [0.5, 0.6) is 5.75 Å². The Morgan fingerprint density at radius 3 is 2.26 bits per heavy atom. The lowest BCUT2D eigenvalue weighted by atomic mass is 10.1. The van der Waals surface area contributed by atoms with Crippen LogP contribution in [0, 0.1) is 0 Å². The molecule has 0 saturated heterocycles. The van der Waals surface area contributed by atoms with E-state index in [9.17, 15) is 14.4 Å². The normalized spacial score (nSPS) is 13.0. The van der Waals surface area contributed by atoms with Crippen molar-refractivity contribution >= 4 is 29.4 Å². The second-order valence-corrected chi connectivity index (χ2v) is 5.10. The summed E-state index contributed by atoms with van der Waals surface area (Å²) in [6, 6.07) is 12.7. The smallest absolute Gasteiger partial charge is 0.370 e. The molecule has 1 aliphatic rings. The minimum Gasteiger partial charge on any atom is -0.482 e. The third-order valence-electron chi connectivity index (χ3n) is 3.10. The third-order valence-corrected chi connectivity index (χ3v) is 3.34. The molecule has 1 aliphatic heterocycles. The molecule has 0 aromatic heterocycles. The summed E-state index contributed by atoms with van der Waals surface area (Å²) in [5, 5.41) is 0.894. The number of hydroxylamine groups is 2. The van der Waals surface area contributed by atoms with Crippen molar-refractivity contribution in [2.24, 2.45) is 0 Å². The topological polar surface area (TPSA) is 72.9 Å². The number of amides is 2. The number of hydrogen-bond acceptors (Lipinski definition) is 5. The van der Waals surface area contributed by atoms with Crippen molar-refractivity contribution in [3.63, 3.8) is 0 Å². The first-order valence-corrected chi connectivity index (χ1v) is 7.01. The number of halogens is 1. The Labute approximate surface area is 136 Å². The van der Waals surface area contributed by atoms with Crippen LogP contribution in [0.15, 0.2) is 48.5 Å². The minimum atomic E-state index is -0.875. The van der Waals surface area contributed by atoms with Crippen LogP contribution in [0.1, 0.15) is 20.7 Å². The van der Waals surface area contributed by atoms with E-state index in [0.717, 1.165) is 0 Å². The van der Waals surface area contributed by atoms with Gasteiger partial charge in [0.25, 0.3) is 11.8 Å². The molecule has 3 rings (SSSR count). The Morgan fingerprint density at radius 2 is 1.65 bits per heavy atom. The van der Waals surface area contributed by atoms with E-state index in [1.165, 1.54) is 18.2 Å². The van der Waals surface area contributed by atoms with Crippen LogP contribution < -0.4 is 4.74 Å². The number of ether oxygens (including phenoxy) is 1.